The molecular formula is C32H33ClN2O4. The fourth-order valence-electron chi connectivity index (χ4n) is 6.33. The summed E-state index contributed by atoms with van der Waals surface area (Å²) in [7, 11) is 1.33. The van der Waals surface area contributed by atoms with Crippen LogP contribution < -0.4 is 5.32 Å². The number of hydrogen-bond donors (Lipinski definition) is 1. The second kappa shape index (κ2) is 9.98. The molecule has 4 fully saturated rings. The molecule has 1 amide bonds. The fraction of sp³-hybridized carbons (Fsp3) is 0.406. The summed E-state index contributed by atoms with van der Waals surface area (Å²) in [6, 6.07) is 13.1. The second-order valence-electron chi connectivity index (χ2n) is 11.5. The number of nitrogens with one attached hydrogen (secondary N) is 1. The molecule has 4 saturated carbocycles. The molecule has 3 aromatic rings. The lowest BCUT2D eigenvalue weighted by Gasteiger charge is -2.51. The lowest BCUT2D eigenvalue weighted by molar-refractivity contribution is -0.133. The van der Waals surface area contributed by atoms with Crippen molar-refractivity contribution in [3.05, 3.63) is 76.0 Å². The predicted molar refractivity (Wildman–Crippen MR) is 152 cm³/mol. The maximum absolute atomic E-state index is 13.5. The number of amides is 1. The lowest BCUT2D eigenvalue weighted by Crippen LogP contribution is -2.47. The van der Waals surface area contributed by atoms with Gasteiger partial charge in [0, 0.05) is 22.5 Å². The van der Waals surface area contributed by atoms with Crippen LogP contribution in [0, 0.1) is 17.8 Å². The van der Waals surface area contributed by atoms with E-state index in [2.05, 4.69) is 41.7 Å². The molecule has 0 aliphatic heterocycles. The number of aromatic nitrogens is 1. The third-order valence-electron chi connectivity index (χ3n) is 9.13. The summed E-state index contributed by atoms with van der Waals surface area (Å²) in [5, 5.41) is 7.89. The van der Waals surface area contributed by atoms with Gasteiger partial charge < -0.3 is 14.6 Å². The summed E-state index contributed by atoms with van der Waals surface area (Å²) in [5.41, 5.74) is 4.93. The molecular weight excluding hydrogens is 512 g/mol. The van der Waals surface area contributed by atoms with Crippen molar-refractivity contribution in [2.45, 2.75) is 64.2 Å². The number of methoxy groups -OCH3 is 1. The first kappa shape index (κ1) is 25.9. The van der Waals surface area contributed by atoms with Crippen molar-refractivity contribution in [2.24, 2.45) is 10.8 Å². The Bertz CT molecular complexity index is 1440. The van der Waals surface area contributed by atoms with E-state index in [0.29, 0.717) is 22.2 Å². The topological polar surface area (TPSA) is 81.4 Å². The van der Waals surface area contributed by atoms with Gasteiger partial charge in [0.1, 0.15) is 11.5 Å². The van der Waals surface area contributed by atoms with E-state index in [0.717, 1.165) is 73.9 Å². The minimum absolute atomic E-state index is 0.0180. The van der Waals surface area contributed by atoms with E-state index in [4.69, 9.17) is 20.9 Å². The number of carbonyl (C=O) groups excluding carboxylic acids is 2. The summed E-state index contributed by atoms with van der Waals surface area (Å²) >= 11 is 6.39. The Hall–Kier alpha value is -3.38. The second-order valence-corrected chi connectivity index (χ2v) is 11.9. The molecule has 6 nitrogen and oxygen atoms in total. The predicted octanol–water partition coefficient (Wildman–Crippen LogP) is 7.96. The fourth-order valence-corrected chi connectivity index (χ4v) is 6.55. The van der Waals surface area contributed by atoms with Gasteiger partial charge in [0.15, 0.2) is 0 Å². The van der Waals surface area contributed by atoms with Crippen LogP contribution in [0.15, 0.2) is 53.1 Å². The Morgan fingerprint density at radius 3 is 2.44 bits per heavy atom. The summed E-state index contributed by atoms with van der Waals surface area (Å²) in [5.74, 6) is 1.04. The van der Waals surface area contributed by atoms with Gasteiger partial charge in [0.05, 0.1) is 23.4 Å². The molecule has 1 aromatic heterocycles. The highest BCUT2D eigenvalue weighted by Gasteiger charge is 2.51. The molecule has 202 valence electrons. The van der Waals surface area contributed by atoms with Crippen LogP contribution in [0.5, 0.6) is 0 Å². The highest BCUT2D eigenvalue weighted by Crippen LogP contribution is 2.58. The summed E-state index contributed by atoms with van der Waals surface area (Å²) in [4.78, 5) is 25.3. The molecule has 4 aliphatic carbocycles. The molecule has 1 heterocycles. The van der Waals surface area contributed by atoms with Gasteiger partial charge in [-0.3, -0.25) is 4.79 Å². The quantitative estimate of drug-likeness (QED) is 0.305. The standard InChI is InChI=1S/C32H33ClN2O4/c1-20-5-3-4-6-23(20)27-24(28(39-35-27)21-7-8-21)11-12-31-13-16-32(17-14-31,18-15-31)30(37)34-26-10-9-22(19-25(26)33)29(36)38-2/h3-6,9-12,19,21H,7-8,13-18H2,1-2H3,(H,34,37). The molecule has 2 aromatic carbocycles. The first-order chi connectivity index (χ1) is 18.8. The van der Waals surface area contributed by atoms with Gasteiger partial charge in [-0.05, 0) is 87.5 Å². The third kappa shape index (κ3) is 4.80. The largest absolute Gasteiger partial charge is 0.465 e. The van der Waals surface area contributed by atoms with Crippen molar-refractivity contribution in [3.8, 4) is 11.3 Å². The minimum Gasteiger partial charge on any atom is -0.465 e. The first-order valence-electron chi connectivity index (χ1n) is 13.8. The SMILES string of the molecule is COC(=O)c1ccc(NC(=O)C23CCC(C=Cc4c(-c5ccccc5C)noc4C4CC4)(CC2)CC3)c(Cl)c1. The van der Waals surface area contributed by atoms with Gasteiger partial charge in [0.2, 0.25) is 5.91 Å². The van der Waals surface area contributed by atoms with E-state index in [1.54, 1.807) is 12.1 Å². The Balaban J connectivity index is 1.18. The van der Waals surface area contributed by atoms with Crippen LogP contribution in [0.4, 0.5) is 5.69 Å². The average Bonchev–Trinajstić information content (AvgIpc) is 3.73. The molecule has 0 radical (unpaired) electrons. The Kier molecular flexibility index (Phi) is 6.62. The van der Waals surface area contributed by atoms with Crippen molar-refractivity contribution in [3.63, 3.8) is 0 Å². The third-order valence-corrected chi connectivity index (χ3v) is 9.44. The molecule has 7 rings (SSSR count). The first-order valence-corrected chi connectivity index (χ1v) is 14.2. The number of fused-ring (bicyclic) bond motifs is 3. The van der Waals surface area contributed by atoms with Crippen molar-refractivity contribution in [1.82, 2.24) is 5.16 Å². The van der Waals surface area contributed by atoms with Crippen LogP contribution in [-0.2, 0) is 9.53 Å². The van der Waals surface area contributed by atoms with Crippen molar-refractivity contribution < 1.29 is 18.8 Å². The number of rotatable bonds is 7. The van der Waals surface area contributed by atoms with Crippen molar-refractivity contribution in [1.29, 1.82) is 0 Å². The zero-order chi connectivity index (χ0) is 27.2. The molecule has 2 bridgehead atoms. The molecule has 39 heavy (non-hydrogen) atoms. The number of aryl methyl sites for hydroxylation is 1. The van der Waals surface area contributed by atoms with Gasteiger partial charge in [0.25, 0.3) is 0 Å². The Morgan fingerprint density at radius 2 is 1.79 bits per heavy atom. The molecule has 1 N–H and O–H groups in total. The normalized spacial score (nSPS) is 24.2. The Morgan fingerprint density at radius 1 is 1.08 bits per heavy atom. The van der Waals surface area contributed by atoms with E-state index in [1.165, 1.54) is 18.7 Å². The highest BCUT2D eigenvalue weighted by atomic mass is 35.5. The van der Waals surface area contributed by atoms with Crippen LogP contribution in [0.2, 0.25) is 5.02 Å². The van der Waals surface area contributed by atoms with Gasteiger partial charge >= 0.3 is 5.97 Å². The number of nitrogens with zero attached hydrogens (tertiary/aromatic N) is 1. The average molecular weight is 545 g/mol. The minimum atomic E-state index is -0.459. The highest BCUT2D eigenvalue weighted by molar-refractivity contribution is 6.34. The van der Waals surface area contributed by atoms with E-state index in [9.17, 15) is 9.59 Å². The number of esters is 1. The van der Waals surface area contributed by atoms with E-state index in [1.807, 2.05) is 12.1 Å². The molecule has 0 saturated heterocycles. The van der Waals surface area contributed by atoms with Crippen LogP contribution in [0.25, 0.3) is 17.3 Å². The number of ether oxygens (including phenoxy) is 1. The zero-order valence-electron chi connectivity index (χ0n) is 22.4. The molecule has 0 atom stereocenters. The van der Waals surface area contributed by atoms with Crippen molar-refractivity contribution in [2.75, 3.05) is 12.4 Å². The van der Waals surface area contributed by atoms with E-state index < -0.39 is 5.97 Å². The maximum Gasteiger partial charge on any atom is 0.337 e. The van der Waals surface area contributed by atoms with Crippen LogP contribution >= 0.6 is 11.6 Å². The molecule has 7 heteroatoms. The lowest BCUT2D eigenvalue weighted by atomic mass is 9.53. The monoisotopic (exact) mass is 544 g/mol. The van der Waals surface area contributed by atoms with E-state index >= 15 is 0 Å². The Labute approximate surface area is 233 Å². The van der Waals surface area contributed by atoms with Gasteiger partial charge in [-0.1, -0.05) is 53.2 Å². The van der Waals surface area contributed by atoms with Gasteiger partial charge in [-0.15, -0.1) is 0 Å². The van der Waals surface area contributed by atoms with Crippen molar-refractivity contribution >= 4 is 35.2 Å². The summed E-state index contributed by atoms with van der Waals surface area (Å²) in [6.07, 6.45) is 12.4. The van der Waals surface area contributed by atoms with Gasteiger partial charge in [-0.25, -0.2) is 4.79 Å². The molecule has 0 unspecified atom stereocenters. The maximum atomic E-state index is 13.5. The number of benzene rings is 2. The van der Waals surface area contributed by atoms with Crippen LogP contribution in [0.1, 0.15) is 84.5 Å². The zero-order valence-corrected chi connectivity index (χ0v) is 23.1. The van der Waals surface area contributed by atoms with E-state index in [-0.39, 0.29) is 16.7 Å². The number of halogens is 1. The van der Waals surface area contributed by atoms with Gasteiger partial charge in [-0.2, -0.15) is 0 Å². The summed E-state index contributed by atoms with van der Waals surface area (Å²) in [6.45, 7) is 2.11. The number of anilines is 1. The molecule has 0 spiro atoms. The number of hydrogen-bond acceptors (Lipinski definition) is 5. The summed E-state index contributed by atoms with van der Waals surface area (Å²) < 4.78 is 10.7. The number of carbonyl (C=O) groups is 2. The van der Waals surface area contributed by atoms with Crippen LogP contribution in [0.3, 0.4) is 0 Å². The molecule has 4 aliphatic rings. The van der Waals surface area contributed by atoms with Crippen LogP contribution in [-0.4, -0.2) is 24.1 Å². The number of allylic oxidation sites excluding steroid dienone is 1. The smallest absolute Gasteiger partial charge is 0.337 e.